The van der Waals surface area contributed by atoms with Crippen molar-refractivity contribution in [2.45, 2.75) is 115 Å². The minimum Gasteiger partial charge on any atom is -0.477 e. The second-order valence-corrected chi connectivity index (χ2v) is 18.6. The number of halogens is 9. The molecule has 2 aromatic carbocycles. The number of anilines is 1. The number of alkyl halides is 4. The van der Waals surface area contributed by atoms with Crippen molar-refractivity contribution in [3.8, 4) is 0 Å². The Balaban J connectivity index is 0.000000174. The van der Waals surface area contributed by atoms with Crippen LogP contribution in [0.5, 0.6) is 0 Å². The fourth-order valence-electron chi connectivity index (χ4n) is 8.16. The van der Waals surface area contributed by atoms with E-state index in [4.69, 9.17) is 10.5 Å². The Morgan fingerprint density at radius 1 is 0.866 bits per heavy atom. The molecule has 0 bridgehead atoms. The predicted molar refractivity (Wildman–Crippen MR) is 228 cm³/mol. The van der Waals surface area contributed by atoms with Gasteiger partial charge in [0.15, 0.2) is 11.6 Å². The number of fused-ring (bicyclic) bond motifs is 2. The van der Waals surface area contributed by atoms with Gasteiger partial charge in [-0.25, -0.2) is 53.7 Å². The van der Waals surface area contributed by atoms with Gasteiger partial charge in [0.1, 0.15) is 47.2 Å². The van der Waals surface area contributed by atoms with Crippen molar-refractivity contribution in [1.29, 1.82) is 0 Å². The molecule has 2 aliphatic heterocycles. The molecule has 0 spiro atoms. The molecule has 2 aliphatic carbocycles. The van der Waals surface area contributed by atoms with Gasteiger partial charge in [-0.3, -0.25) is 9.59 Å². The molecule has 2 saturated carbocycles. The first-order valence-electron chi connectivity index (χ1n) is 20.9. The van der Waals surface area contributed by atoms with Crippen molar-refractivity contribution in [2.24, 2.45) is 5.73 Å². The number of carbonyl (C=O) groups is 3. The lowest BCUT2D eigenvalue weighted by molar-refractivity contribution is 0.0431. The van der Waals surface area contributed by atoms with Gasteiger partial charge in [0, 0.05) is 61.2 Å². The van der Waals surface area contributed by atoms with Crippen LogP contribution in [0, 0.1) is 31.3 Å². The second-order valence-electron chi connectivity index (χ2n) is 18.6. The number of aromatic carboxylic acids is 1. The average Bonchev–Trinajstić information content (AvgIpc) is 4.07. The number of nitrogens with zero attached hydrogens (tertiary/aromatic N) is 3. The quantitative estimate of drug-likeness (QED) is 0.118. The number of amides is 1. The lowest BCUT2D eigenvalue weighted by Gasteiger charge is -2.29. The van der Waals surface area contributed by atoms with Crippen molar-refractivity contribution in [2.75, 3.05) is 31.1 Å². The number of carboxylic acids is 1. The Hall–Kier alpha value is -5.78. The summed E-state index contributed by atoms with van der Waals surface area (Å²) in [4.78, 5) is 60.9. The fraction of sp³-hybridized carbons (Fsp3) is 0.512. The van der Waals surface area contributed by atoms with E-state index in [1.54, 1.807) is 41.5 Å². The van der Waals surface area contributed by atoms with Crippen LogP contribution in [0.2, 0.25) is 0 Å². The highest BCUT2D eigenvalue weighted by Gasteiger charge is 2.45. The highest BCUT2D eigenvalue weighted by atomic mass is 19.2. The van der Waals surface area contributed by atoms with Gasteiger partial charge in [-0.2, -0.15) is 0 Å². The van der Waals surface area contributed by atoms with Crippen molar-refractivity contribution in [3.05, 3.63) is 84.7 Å². The molecule has 4 fully saturated rings. The number of carboxylic acid groups (broad SMARTS) is 1. The number of pyridine rings is 2. The first kappa shape index (κ1) is 50.6. The largest absolute Gasteiger partial charge is 0.798 e. The molecule has 8 rings (SSSR count). The first-order chi connectivity index (χ1) is 31.0. The average molecular weight is 959 g/mol. The molecule has 2 unspecified atom stereocenters. The van der Waals surface area contributed by atoms with Crippen molar-refractivity contribution in [3.63, 3.8) is 0 Å². The molecule has 24 heteroatoms. The first-order valence-corrected chi connectivity index (χ1v) is 20.9. The third kappa shape index (κ3) is 10.4. The van der Waals surface area contributed by atoms with E-state index in [1.165, 1.54) is 16.4 Å². The maximum Gasteiger partial charge on any atom is 0.798 e. The summed E-state index contributed by atoms with van der Waals surface area (Å²) < 4.78 is 133. The zero-order valence-electron chi connectivity index (χ0n) is 37.2. The molecule has 8 atom stereocenters. The number of hydrogen-bond acceptors (Lipinski definition) is 10. The molecular formula is C43H48BF9N6O8. The minimum atomic E-state index is -3.46. The van der Waals surface area contributed by atoms with Crippen LogP contribution in [0.15, 0.2) is 34.1 Å². The Labute approximate surface area is 376 Å². The number of hydrogen-bond donors (Lipinski definition) is 4. The predicted octanol–water partition coefficient (Wildman–Crippen LogP) is 6.47. The van der Waals surface area contributed by atoms with Gasteiger partial charge < -0.3 is 44.9 Å². The molecule has 14 nitrogen and oxygen atoms in total. The van der Waals surface area contributed by atoms with E-state index >= 15 is 0 Å². The summed E-state index contributed by atoms with van der Waals surface area (Å²) in [5.74, 6) is -6.40. The van der Waals surface area contributed by atoms with E-state index in [9.17, 15) is 68.4 Å². The van der Waals surface area contributed by atoms with E-state index < -0.39 is 124 Å². The zero-order valence-corrected chi connectivity index (χ0v) is 37.2. The number of alkyl carbamates (subject to hydrolysis) is 1. The molecule has 0 radical (unpaired) electrons. The molecule has 4 heterocycles. The van der Waals surface area contributed by atoms with E-state index in [1.807, 2.05) is 0 Å². The molecule has 364 valence electrons. The van der Waals surface area contributed by atoms with E-state index in [2.05, 4.69) is 15.3 Å². The molecule has 1 amide bonds. The topological polar surface area (TPSA) is 187 Å². The van der Waals surface area contributed by atoms with Crippen molar-refractivity contribution >= 4 is 53.0 Å². The number of aryl methyl sites for hydroxylation is 2. The third-order valence-corrected chi connectivity index (χ3v) is 11.9. The Morgan fingerprint density at radius 2 is 1.37 bits per heavy atom. The summed E-state index contributed by atoms with van der Waals surface area (Å²) in [7, 11) is -3.46. The summed E-state index contributed by atoms with van der Waals surface area (Å²) in [6, 6.07) is 0.101. The number of rotatable bonds is 7. The van der Waals surface area contributed by atoms with E-state index in [0.29, 0.717) is 18.2 Å². The molecule has 2 saturated heterocycles. The second kappa shape index (κ2) is 18.4. The van der Waals surface area contributed by atoms with Gasteiger partial charge >= 0.3 is 25.5 Å². The van der Waals surface area contributed by atoms with E-state index in [-0.39, 0.29) is 60.1 Å². The Morgan fingerprint density at radius 3 is 1.82 bits per heavy atom. The summed E-state index contributed by atoms with van der Waals surface area (Å²) in [5.41, 5.74) is 0.453. The fourth-order valence-corrected chi connectivity index (χ4v) is 8.16. The monoisotopic (exact) mass is 958 g/mol. The van der Waals surface area contributed by atoms with Gasteiger partial charge in [0.2, 0.25) is 10.9 Å². The smallest absolute Gasteiger partial charge is 0.477 e. The van der Waals surface area contributed by atoms with Gasteiger partial charge in [0.05, 0.1) is 46.4 Å². The number of nitrogens with one attached hydrogen (secondary N) is 2. The SMILES string of the molecule is CC(C)(C)OC(=O)N[C@]1(C)CNCC1F.Cc1c(F)c(F)cc2c(=O)c(C(=O)OB(F)F)cn([C@@H]3C[C@@H]3F)c12.Cc1c(N2CC(F)[C@](C)(N)C2)c(F)cc2c(=O)c(C(=O)O)cn([C@@H]3C[C@@H]3F)c12. The molecule has 4 aliphatic rings. The summed E-state index contributed by atoms with van der Waals surface area (Å²) in [6.45, 7) is 11.9. The van der Waals surface area contributed by atoms with E-state index in [0.717, 1.165) is 23.0 Å². The zero-order chi connectivity index (χ0) is 50.0. The summed E-state index contributed by atoms with van der Waals surface area (Å²) in [5, 5.41) is 14.2. The molecule has 67 heavy (non-hydrogen) atoms. The molecule has 2 aromatic heterocycles. The highest BCUT2D eigenvalue weighted by molar-refractivity contribution is 6.38. The number of ether oxygens (including phenoxy) is 1. The van der Waals surface area contributed by atoms with Crippen LogP contribution in [0.3, 0.4) is 0 Å². The van der Waals surface area contributed by atoms with Crippen LogP contribution in [-0.2, 0) is 9.39 Å². The van der Waals surface area contributed by atoms with Crippen molar-refractivity contribution < 1.29 is 68.2 Å². The van der Waals surface area contributed by atoms with Gasteiger partial charge in [0.25, 0.3) is 0 Å². The maximum atomic E-state index is 15.0. The molecule has 4 aromatic rings. The number of carbonyl (C=O) groups excluding carboxylic acids is 2. The number of nitrogens with two attached hydrogens (primary N) is 1. The lowest BCUT2D eigenvalue weighted by Crippen LogP contribution is -2.54. The van der Waals surface area contributed by atoms with Crippen LogP contribution in [0.4, 0.5) is 49.8 Å². The standard InChI is InChI=1S/C19H20F3N3O3.C14H9BF5NO3.C10H19FN2O2/c1-8-15-9(3-12(21)16(8)24-6-14(22)19(2,23)7-24)17(26)10(18(27)28)5-25(15)13-4-11(13)20;1-5-11(18)9(17)2-6-12(5)21(10-3-8(10)16)4-7(13(6)22)14(23)24-15(19)20;1-9(2,3)15-8(14)13-10(4)6-12-5-7(10)11/h3,5,11,13-14H,4,6-7,23H2,1-2H3,(H,27,28);2,4,8,10H,3H2,1H3;7,12H,5-6H2,1-4H3,(H,13,14)/t11-,13+,14?,19+;8-,10+;7?,10-/m001/s1. The number of benzene rings is 2. The van der Waals surface area contributed by atoms with Gasteiger partial charge in [-0.15, -0.1) is 0 Å². The maximum absolute atomic E-state index is 15.0. The van der Waals surface area contributed by atoms with Crippen LogP contribution in [-0.4, -0.2) is 107 Å². The third-order valence-electron chi connectivity index (χ3n) is 11.9. The van der Waals surface area contributed by atoms with Gasteiger partial charge in [-0.1, -0.05) is 0 Å². The highest BCUT2D eigenvalue weighted by Crippen LogP contribution is 2.44. The van der Waals surface area contributed by atoms with Crippen LogP contribution >= 0.6 is 0 Å². The summed E-state index contributed by atoms with van der Waals surface area (Å²) >= 11 is 0. The molecule has 5 N–H and O–H groups in total. The minimum absolute atomic E-state index is 0.0414. The van der Waals surface area contributed by atoms with Crippen LogP contribution in [0.25, 0.3) is 21.8 Å². The van der Waals surface area contributed by atoms with Gasteiger partial charge in [-0.05, 0) is 66.2 Å². The summed E-state index contributed by atoms with van der Waals surface area (Å²) in [6.07, 6.45) is -3.30. The normalized spacial score (nSPS) is 26.3. The molecular weight excluding hydrogens is 910 g/mol. The van der Waals surface area contributed by atoms with Crippen molar-refractivity contribution in [1.82, 2.24) is 19.8 Å². The number of aromatic nitrogens is 2. The van der Waals surface area contributed by atoms with Crippen LogP contribution < -0.4 is 32.1 Å². The Kier molecular flexibility index (Phi) is 13.9. The van der Waals surface area contributed by atoms with Crippen LogP contribution in [0.1, 0.15) is 91.4 Å². The lowest BCUT2D eigenvalue weighted by atomic mass is 10.0. The Bertz CT molecular complexity index is 2770.